The molecule has 0 aliphatic carbocycles. The minimum atomic E-state index is -0.806. The highest BCUT2D eigenvalue weighted by molar-refractivity contribution is 7.99. The van der Waals surface area contributed by atoms with Crippen molar-refractivity contribution in [2.45, 2.75) is 37.1 Å². The molecule has 0 fully saturated rings. The Balaban J connectivity index is 1.60. The average molecular weight is 595 g/mol. The van der Waals surface area contributed by atoms with Gasteiger partial charge in [0.2, 0.25) is 0 Å². The molecule has 212 valence electrons. The summed E-state index contributed by atoms with van der Waals surface area (Å²) in [6.07, 6.45) is 1.62. The van der Waals surface area contributed by atoms with Crippen LogP contribution in [0.3, 0.4) is 0 Å². The number of ether oxygens (including phenoxy) is 3. The fourth-order valence-electron chi connectivity index (χ4n) is 4.42. The number of hydrogen-bond donors (Lipinski definition) is 1. The molecule has 11 nitrogen and oxygen atoms in total. The number of furan rings is 1. The molecule has 41 heavy (non-hydrogen) atoms. The second-order valence-corrected chi connectivity index (χ2v) is 10.9. The van der Waals surface area contributed by atoms with Crippen molar-refractivity contribution in [2.75, 3.05) is 20.8 Å². The molecule has 1 aliphatic heterocycles. The lowest BCUT2D eigenvalue weighted by molar-refractivity contribution is -0.139. The topological polar surface area (TPSA) is 138 Å². The lowest BCUT2D eigenvalue weighted by atomic mass is 9.95. The standard InChI is InChI=1S/C28H26N4O7S2/c1-6-38-26(35)23-15(3)30-28-32(24(23)16-7-9-18(36-4)19(12-16)37-5)25(34)20(40-28)13-17-8-10-22(39-17)41-27-29-14(2)11-21(33)31-27/h7-13,24H,6H2,1-5H3,(H,29,31,33)/b20-13+/t24-/m1/s1. The number of nitrogens with one attached hydrogen (secondary N) is 1. The smallest absolute Gasteiger partial charge is 0.338 e. The van der Waals surface area contributed by atoms with Gasteiger partial charge in [0.05, 0.1) is 42.7 Å². The van der Waals surface area contributed by atoms with Crippen LogP contribution in [0.2, 0.25) is 0 Å². The number of carbonyl (C=O) groups excluding carboxylic acids is 1. The Kier molecular flexibility index (Phi) is 7.99. The second kappa shape index (κ2) is 11.6. The van der Waals surface area contributed by atoms with Crippen LogP contribution in [0, 0.1) is 6.92 Å². The zero-order chi connectivity index (χ0) is 29.3. The van der Waals surface area contributed by atoms with Gasteiger partial charge in [-0.15, -0.1) is 0 Å². The third-order valence-electron chi connectivity index (χ3n) is 6.16. The van der Waals surface area contributed by atoms with Crippen LogP contribution in [0.25, 0.3) is 6.08 Å². The largest absolute Gasteiger partial charge is 0.493 e. The molecule has 0 spiro atoms. The van der Waals surface area contributed by atoms with Crippen LogP contribution >= 0.6 is 23.1 Å². The van der Waals surface area contributed by atoms with Gasteiger partial charge in [-0.1, -0.05) is 17.4 Å². The van der Waals surface area contributed by atoms with E-state index in [0.29, 0.717) is 53.8 Å². The number of rotatable bonds is 8. The molecule has 0 unspecified atom stereocenters. The summed E-state index contributed by atoms with van der Waals surface area (Å²) in [5.41, 5.74) is 1.32. The number of H-pyrrole nitrogens is 1. The van der Waals surface area contributed by atoms with E-state index in [1.165, 1.54) is 36.2 Å². The fourth-order valence-corrected chi connectivity index (χ4v) is 6.25. The van der Waals surface area contributed by atoms with Gasteiger partial charge in [-0.2, -0.15) is 0 Å². The number of hydrogen-bond acceptors (Lipinski definition) is 11. The van der Waals surface area contributed by atoms with Gasteiger partial charge in [0.1, 0.15) is 5.76 Å². The molecule has 0 amide bonds. The molecule has 3 aromatic heterocycles. The number of thiazole rings is 1. The minimum Gasteiger partial charge on any atom is -0.493 e. The van der Waals surface area contributed by atoms with E-state index in [-0.39, 0.29) is 23.3 Å². The zero-order valence-corrected chi connectivity index (χ0v) is 24.5. The predicted molar refractivity (Wildman–Crippen MR) is 152 cm³/mol. The first-order chi connectivity index (χ1) is 19.7. The Morgan fingerprint density at radius 1 is 1.15 bits per heavy atom. The average Bonchev–Trinajstić information content (AvgIpc) is 3.50. The molecule has 1 N–H and O–H groups in total. The molecule has 13 heteroatoms. The highest BCUT2D eigenvalue weighted by Gasteiger charge is 2.34. The number of nitrogens with zero attached hydrogens (tertiary/aromatic N) is 3. The van der Waals surface area contributed by atoms with Crippen molar-refractivity contribution in [1.29, 1.82) is 0 Å². The Labute approximate surface area is 241 Å². The lowest BCUT2D eigenvalue weighted by Gasteiger charge is -2.25. The molecule has 1 aliphatic rings. The van der Waals surface area contributed by atoms with Gasteiger partial charge in [-0.05, 0) is 62.4 Å². The molecular weight excluding hydrogens is 568 g/mol. The number of methoxy groups -OCH3 is 2. The van der Waals surface area contributed by atoms with Crippen molar-refractivity contribution in [2.24, 2.45) is 4.99 Å². The Bertz CT molecular complexity index is 1920. The van der Waals surface area contributed by atoms with Crippen molar-refractivity contribution in [3.63, 3.8) is 0 Å². The lowest BCUT2D eigenvalue weighted by Crippen LogP contribution is -2.39. The maximum absolute atomic E-state index is 13.8. The van der Waals surface area contributed by atoms with E-state index in [9.17, 15) is 14.4 Å². The van der Waals surface area contributed by atoms with Crippen molar-refractivity contribution in [3.8, 4) is 11.5 Å². The summed E-state index contributed by atoms with van der Waals surface area (Å²) < 4.78 is 24.0. The fraction of sp³-hybridized carbons (Fsp3) is 0.250. The van der Waals surface area contributed by atoms with E-state index in [1.54, 1.807) is 57.2 Å². The molecule has 4 aromatic rings. The van der Waals surface area contributed by atoms with Gasteiger partial charge >= 0.3 is 5.97 Å². The zero-order valence-electron chi connectivity index (χ0n) is 22.8. The molecule has 0 saturated heterocycles. The molecular formula is C28H26N4O7S2. The van der Waals surface area contributed by atoms with Crippen LogP contribution in [0.5, 0.6) is 11.5 Å². The van der Waals surface area contributed by atoms with Crippen molar-refractivity contribution in [1.82, 2.24) is 14.5 Å². The van der Waals surface area contributed by atoms with Gasteiger partial charge in [0.15, 0.2) is 26.5 Å². The molecule has 5 rings (SSSR count). The summed E-state index contributed by atoms with van der Waals surface area (Å²) in [6.45, 7) is 5.34. The van der Waals surface area contributed by atoms with E-state index in [1.807, 2.05) is 0 Å². The van der Waals surface area contributed by atoms with E-state index in [4.69, 9.17) is 18.6 Å². The van der Waals surface area contributed by atoms with Crippen LogP contribution < -0.4 is 29.9 Å². The summed E-state index contributed by atoms with van der Waals surface area (Å²) in [4.78, 5) is 50.7. The van der Waals surface area contributed by atoms with Gasteiger partial charge in [0.25, 0.3) is 11.1 Å². The number of aryl methyl sites for hydroxylation is 1. The quantitative estimate of drug-likeness (QED) is 0.241. The molecule has 0 bridgehead atoms. The first-order valence-corrected chi connectivity index (χ1v) is 14.1. The van der Waals surface area contributed by atoms with E-state index in [0.717, 1.165) is 11.8 Å². The second-order valence-electron chi connectivity index (χ2n) is 8.87. The van der Waals surface area contributed by atoms with Crippen molar-refractivity contribution >= 4 is 35.1 Å². The first-order valence-electron chi connectivity index (χ1n) is 12.5. The van der Waals surface area contributed by atoms with Gasteiger partial charge in [0, 0.05) is 17.8 Å². The number of benzene rings is 1. The number of fused-ring (bicyclic) bond motifs is 1. The maximum Gasteiger partial charge on any atom is 0.338 e. The van der Waals surface area contributed by atoms with Crippen LogP contribution in [0.1, 0.15) is 36.9 Å². The summed E-state index contributed by atoms with van der Waals surface area (Å²) >= 11 is 2.34. The maximum atomic E-state index is 13.8. The minimum absolute atomic E-state index is 0.170. The van der Waals surface area contributed by atoms with Gasteiger partial charge in [-0.3, -0.25) is 14.2 Å². The third kappa shape index (κ3) is 5.63. The SMILES string of the molecule is CCOC(=O)C1=C(C)N=c2s/c(=C/c3ccc(Sc4nc(C)cc(=O)[nH]4)o3)c(=O)n2[C@@H]1c1ccc(OC)c(OC)c1. The van der Waals surface area contributed by atoms with Gasteiger partial charge < -0.3 is 23.6 Å². The Hall–Kier alpha value is -4.36. The number of carbonyl (C=O) groups is 1. The Morgan fingerprint density at radius 2 is 1.93 bits per heavy atom. The van der Waals surface area contributed by atoms with E-state index >= 15 is 0 Å². The highest BCUT2D eigenvalue weighted by atomic mass is 32.2. The summed E-state index contributed by atoms with van der Waals surface area (Å²) in [5, 5.41) is 0.883. The predicted octanol–water partition coefficient (Wildman–Crippen LogP) is 2.95. The van der Waals surface area contributed by atoms with Crippen LogP contribution in [-0.4, -0.2) is 41.3 Å². The van der Waals surface area contributed by atoms with Crippen molar-refractivity contribution in [3.05, 3.63) is 94.7 Å². The molecule has 0 radical (unpaired) electrons. The van der Waals surface area contributed by atoms with Crippen LogP contribution in [0.4, 0.5) is 0 Å². The molecule has 4 heterocycles. The molecule has 0 saturated carbocycles. The van der Waals surface area contributed by atoms with Crippen LogP contribution in [0.15, 0.2) is 76.9 Å². The highest BCUT2D eigenvalue weighted by Crippen LogP contribution is 2.36. The normalized spacial score (nSPS) is 15.0. The van der Waals surface area contributed by atoms with Gasteiger partial charge in [-0.25, -0.2) is 14.8 Å². The van der Waals surface area contributed by atoms with Crippen LogP contribution in [-0.2, 0) is 9.53 Å². The van der Waals surface area contributed by atoms with E-state index < -0.39 is 12.0 Å². The number of allylic oxidation sites excluding steroid dienone is 1. The monoisotopic (exact) mass is 594 g/mol. The molecule has 1 aromatic carbocycles. The van der Waals surface area contributed by atoms with Crippen molar-refractivity contribution < 1.29 is 23.4 Å². The number of esters is 1. The number of aromatic nitrogens is 3. The van der Waals surface area contributed by atoms with E-state index in [2.05, 4.69) is 15.0 Å². The number of aromatic amines is 1. The summed E-state index contributed by atoms with van der Waals surface area (Å²) in [7, 11) is 3.05. The molecule has 1 atom stereocenters. The summed E-state index contributed by atoms with van der Waals surface area (Å²) in [5.74, 6) is 0.837. The first kappa shape index (κ1) is 28.2. The Morgan fingerprint density at radius 3 is 2.63 bits per heavy atom. The summed E-state index contributed by atoms with van der Waals surface area (Å²) in [6, 6.07) is 9.28. The third-order valence-corrected chi connectivity index (χ3v) is 7.95.